The molecule has 14 nitrogen and oxygen atoms in total. The molecule has 1 saturated heterocycles. The number of nitrogens with zero attached hydrogens (tertiary/aromatic N) is 6. The molecule has 2 aromatic heterocycles. The van der Waals surface area contributed by atoms with Gasteiger partial charge >= 0.3 is 5.97 Å². The van der Waals surface area contributed by atoms with Crippen LogP contribution in [0.25, 0.3) is 56.6 Å². The summed E-state index contributed by atoms with van der Waals surface area (Å²) < 4.78 is 30.8. The van der Waals surface area contributed by atoms with Gasteiger partial charge in [0, 0.05) is 69.0 Å². The number of carbonyl (C=O) groups excluding carboxylic acids is 3. The number of hydrogen-bond donors (Lipinski definition) is 0. The predicted molar refractivity (Wildman–Crippen MR) is 320 cm³/mol. The molecule has 0 bridgehead atoms. The molecule has 4 heterocycles. The fraction of sp³-hybridized carbons (Fsp3) is 0.232. The molecule has 0 radical (unpaired) electrons. The average molecular weight is 1100 g/mol. The molecular formula is C69H62N6O8. The van der Waals surface area contributed by atoms with E-state index in [0.29, 0.717) is 62.8 Å². The van der Waals surface area contributed by atoms with Crippen molar-refractivity contribution in [1.82, 2.24) is 20.4 Å². The predicted octanol–water partition coefficient (Wildman–Crippen LogP) is 15.2. The van der Waals surface area contributed by atoms with Gasteiger partial charge in [-0.1, -0.05) is 102 Å². The lowest BCUT2D eigenvalue weighted by Crippen LogP contribution is -2.40. The molecule has 0 atom stereocenters. The van der Waals surface area contributed by atoms with Gasteiger partial charge in [-0.2, -0.15) is 0 Å². The number of ether oxygens (including phenoxy) is 3. The highest BCUT2D eigenvalue weighted by Crippen LogP contribution is 2.39. The Hall–Kier alpha value is -9.69. The molecular weight excluding hydrogens is 1040 g/mol. The van der Waals surface area contributed by atoms with Gasteiger partial charge in [0.05, 0.1) is 11.3 Å². The Morgan fingerprint density at radius 1 is 0.494 bits per heavy atom. The smallest absolute Gasteiger partial charge is 0.338 e. The first-order valence-electron chi connectivity index (χ1n) is 28.0. The molecule has 2 aliphatic rings. The Balaban J connectivity index is 0.731. The summed E-state index contributed by atoms with van der Waals surface area (Å²) in [5.74, 6) is 1.25. The van der Waals surface area contributed by atoms with E-state index >= 15 is 0 Å². The van der Waals surface area contributed by atoms with Gasteiger partial charge < -0.3 is 27.9 Å². The summed E-state index contributed by atoms with van der Waals surface area (Å²) in [6.45, 7) is 15.2. The van der Waals surface area contributed by atoms with Gasteiger partial charge in [-0.3, -0.25) is 9.59 Å². The van der Waals surface area contributed by atoms with Crippen LogP contribution in [0.15, 0.2) is 179 Å². The first kappa shape index (κ1) is 53.9. The van der Waals surface area contributed by atoms with E-state index in [-0.39, 0.29) is 36.2 Å². The Morgan fingerprint density at radius 2 is 0.952 bits per heavy atom. The summed E-state index contributed by atoms with van der Waals surface area (Å²) in [6, 6.07) is 52.9. The Morgan fingerprint density at radius 3 is 1.42 bits per heavy atom. The van der Waals surface area contributed by atoms with Gasteiger partial charge in [-0.15, -0.1) is 20.4 Å². The molecule has 416 valence electrons. The molecule has 8 aromatic carbocycles. The second kappa shape index (κ2) is 22.3. The number of hydrogen-bond acceptors (Lipinski definition) is 13. The van der Waals surface area contributed by atoms with E-state index in [1.807, 2.05) is 97.1 Å². The number of esters is 1. The number of imide groups is 1. The molecule has 10 aromatic rings. The lowest BCUT2D eigenvalue weighted by molar-refractivity contribution is 0.0471. The highest BCUT2D eigenvalue weighted by atomic mass is 16.5. The minimum Gasteiger partial charge on any atom is -0.489 e. The average Bonchev–Trinajstić information content (AvgIpc) is 4.37. The molecule has 1 fully saturated rings. The first-order chi connectivity index (χ1) is 40.1. The third-order valence-electron chi connectivity index (χ3n) is 15.3. The maximum atomic E-state index is 14.1. The van der Waals surface area contributed by atoms with E-state index in [4.69, 9.17) is 23.0 Å². The van der Waals surface area contributed by atoms with Crippen LogP contribution in [0.4, 0.5) is 11.4 Å². The molecule has 12 rings (SSSR count). The largest absolute Gasteiger partial charge is 0.489 e. The molecule has 83 heavy (non-hydrogen) atoms. The van der Waals surface area contributed by atoms with E-state index in [1.54, 1.807) is 48.5 Å². The lowest BCUT2D eigenvalue weighted by atomic mass is 9.87. The molecule has 0 unspecified atom stereocenters. The second-order valence-electron chi connectivity index (χ2n) is 23.2. The van der Waals surface area contributed by atoms with Crippen molar-refractivity contribution in [3.05, 3.63) is 214 Å². The van der Waals surface area contributed by atoms with Crippen molar-refractivity contribution in [3.63, 3.8) is 0 Å². The second-order valence-corrected chi connectivity index (χ2v) is 23.2. The topological polar surface area (TPSA) is 163 Å². The highest BCUT2D eigenvalue weighted by Gasteiger charge is 2.35. The van der Waals surface area contributed by atoms with E-state index in [0.717, 1.165) is 70.4 Å². The van der Waals surface area contributed by atoms with Gasteiger partial charge in [0.1, 0.15) is 31.3 Å². The van der Waals surface area contributed by atoms with Crippen LogP contribution >= 0.6 is 0 Å². The lowest BCUT2D eigenvalue weighted by Gasteiger charge is -2.32. The molecule has 0 saturated carbocycles. The number of anilines is 2. The quantitative estimate of drug-likeness (QED) is 0.0704. The third-order valence-corrected chi connectivity index (χ3v) is 15.3. The summed E-state index contributed by atoms with van der Waals surface area (Å²) in [5.41, 5.74) is 10.7. The van der Waals surface area contributed by atoms with Crippen molar-refractivity contribution in [2.75, 3.05) is 22.9 Å². The summed E-state index contributed by atoms with van der Waals surface area (Å²) in [7, 11) is 0. The van der Waals surface area contributed by atoms with Gasteiger partial charge in [0.15, 0.2) is 0 Å². The molecule has 14 heteroatoms. The summed E-state index contributed by atoms with van der Waals surface area (Å²) >= 11 is 0. The van der Waals surface area contributed by atoms with E-state index in [1.165, 1.54) is 22.4 Å². The SMILES string of the molecule is CC(C)(C)c1ccc(-c2nnc(-c3ccc(COc4cc(COC(=O)c5ccc(N6C(=O)c7cccc8c(N9CCCCC9)ccc(c78)C6=O)cc5)cc(OCc5ccc(-c6nnc(-c7ccc(C(C)(C)C)cc7)o6)cc5)c4)cc3)o2)cc1. The van der Waals surface area contributed by atoms with Crippen LogP contribution in [-0.4, -0.2) is 51.3 Å². The van der Waals surface area contributed by atoms with E-state index < -0.39 is 17.8 Å². The Labute approximate surface area is 481 Å². The maximum Gasteiger partial charge on any atom is 0.338 e. The van der Waals surface area contributed by atoms with Gasteiger partial charge in [0.25, 0.3) is 11.8 Å². The normalized spacial score (nSPS) is 13.6. The molecule has 2 aliphatic heterocycles. The van der Waals surface area contributed by atoms with Crippen LogP contribution in [-0.2, 0) is 35.4 Å². The summed E-state index contributed by atoms with van der Waals surface area (Å²) in [6.07, 6.45) is 3.40. The summed E-state index contributed by atoms with van der Waals surface area (Å²) in [5, 5.41) is 18.9. The Bertz CT molecular complexity index is 3830. The standard InChI is InChI=1S/C69H62N6O8/c1-68(2,3)51-27-21-48(22-28-51)63-72-70-61(82-63)46-17-13-43(14-18-46)40-79-54-37-45(38-55(39-54)80-41-44-15-19-47(20-16-44)62-71-73-64(83-62)49-23-29-52(30-24-49)69(4,5)6)42-81-67(78)50-25-31-53(32-26-50)75-65(76)57-12-10-11-56-59(74-35-8-7-9-36-74)34-33-58(60(56)57)66(75)77/h10-34,37-39H,7-9,35-36,40-42H2,1-6H3. The van der Waals surface area contributed by atoms with Crippen LogP contribution in [0.5, 0.6) is 11.5 Å². The minimum atomic E-state index is -0.596. The van der Waals surface area contributed by atoms with Crippen LogP contribution < -0.4 is 19.3 Å². The van der Waals surface area contributed by atoms with Crippen molar-refractivity contribution >= 4 is 39.9 Å². The zero-order valence-corrected chi connectivity index (χ0v) is 47.3. The fourth-order valence-electron chi connectivity index (χ4n) is 10.5. The van der Waals surface area contributed by atoms with Crippen LogP contribution in [0.3, 0.4) is 0 Å². The van der Waals surface area contributed by atoms with Crippen molar-refractivity contribution in [3.8, 4) is 57.3 Å². The highest BCUT2D eigenvalue weighted by molar-refractivity contribution is 6.36. The Kier molecular flexibility index (Phi) is 14.5. The molecule has 2 amide bonds. The number of piperidine rings is 1. The number of amides is 2. The van der Waals surface area contributed by atoms with Gasteiger partial charge in [-0.05, 0) is 161 Å². The number of aromatic nitrogens is 4. The van der Waals surface area contributed by atoms with Crippen molar-refractivity contribution in [2.24, 2.45) is 0 Å². The van der Waals surface area contributed by atoms with Gasteiger partial charge in [-0.25, -0.2) is 9.69 Å². The van der Waals surface area contributed by atoms with Crippen molar-refractivity contribution in [2.45, 2.75) is 91.5 Å². The zero-order valence-electron chi connectivity index (χ0n) is 47.3. The van der Waals surface area contributed by atoms with E-state index in [9.17, 15) is 14.4 Å². The number of benzene rings is 8. The molecule has 0 aliphatic carbocycles. The zero-order chi connectivity index (χ0) is 57.4. The third kappa shape index (κ3) is 11.5. The monoisotopic (exact) mass is 1100 g/mol. The molecule has 0 N–H and O–H groups in total. The maximum absolute atomic E-state index is 14.1. The summed E-state index contributed by atoms with van der Waals surface area (Å²) in [4.78, 5) is 45.5. The van der Waals surface area contributed by atoms with Crippen LogP contribution in [0.1, 0.15) is 120 Å². The first-order valence-corrected chi connectivity index (χ1v) is 28.0. The van der Waals surface area contributed by atoms with Crippen molar-refractivity contribution < 1.29 is 37.4 Å². The van der Waals surface area contributed by atoms with Crippen LogP contribution in [0.2, 0.25) is 0 Å². The number of rotatable bonds is 15. The fourth-order valence-corrected chi connectivity index (χ4v) is 10.5. The van der Waals surface area contributed by atoms with Crippen LogP contribution in [0, 0.1) is 0 Å². The number of carbonyl (C=O) groups is 3. The molecule has 0 spiro atoms. The van der Waals surface area contributed by atoms with Gasteiger partial charge in [0.2, 0.25) is 23.6 Å². The van der Waals surface area contributed by atoms with E-state index in [2.05, 4.69) is 91.1 Å². The van der Waals surface area contributed by atoms with Crippen molar-refractivity contribution in [1.29, 1.82) is 0 Å². The minimum absolute atomic E-state index is 0.0287.